The number of hydrogen-bond acceptors (Lipinski definition) is 4. The lowest BCUT2D eigenvalue weighted by atomic mass is 10.0. The minimum atomic E-state index is 0.402. The number of aromatic nitrogens is 1. The van der Waals surface area contributed by atoms with Gasteiger partial charge in [0.15, 0.2) is 0 Å². The van der Waals surface area contributed by atoms with Crippen LogP contribution >= 0.6 is 0 Å². The average molecular weight is 265 g/mol. The molecule has 19 heavy (non-hydrogen) atoms. The highest BCUT2D eigenvalue weighted by molar-refractivity contribution is 5.38. The Morgan fingerprint density at radius 1 is 1.32 bits per heavy atom. The highest BCUT2D eigenvalue weighted by atomic mass is 16.5. The minimum Gasteiger partial charge on any atom is -0.478 e. The molecule has 1 aromatic rings. The molecule has 0 aromatic carbocycles. The maximum absolute atomic E-state index is 5.43. The third kappa shape index (κ3) is 6.43. The van der Waals surface area contributed by atoms with Gasteiger partial charge in [-0.2, -0.15) is 4.98 Å². The van der Waals surface area contributed by atoms with E-state index >= 15 is 0 Å². The minimum absolute atomic E-state index is 0.402. The Kier molecular flexibility index (Phi) is 6.64. The van der Waals surface area contributed by atoms with Gasteiger partial charge in [-0.05, 0) is 39.4 Å². The smallest absolute Gasteiger partial charge is 0.215 e. The summed E-state index contributed by atoms with van der Waals surface area (Å²) in [6, 6.07) is 6.26. The van der Waals surface area contributed by atoms with Crippen LogP contribution in [0.5, 0.6) is 5.88 Å². The van der Waals surface area contributed by atoms with Gasteiger partial charge in [0.1, 0.15) is 5.82 Å². The summed E-state index contributed by atoms with van der Waals surface area (Å²) >= 11 is 0. The normalized spacial score (nSPS) is 12.8. The second-order valence-corrected chi connectivity index (χ2v) is 5.53. The first-order valence-corrected chi connectivity index (χ1v) is 7.02. The summed E-state index contributed by atoms with van der Waals surface area (Å²) in [6.45, 7) is 8.10. The Balaban J connectivity index is 2.68. The molecule has 4 heteroatoms. The van der Waals surface area contributed by atoms with Crippen molar-refractivity contribution >= 4 is 5.82 Å². The maximum Gasteiger partial charge on any atom is 0.215 e. The molecule has 0 bridgehead atoms. The van der Waals surface area contributed by atoms with E-state index in [4.69, 9.17) is 4.74 Å². The Morgan fingerprint density at radius 3 is 2.63 bits per heavy atom. The summed E-state index contributed by atoms with van der Waals surface area (Å²) in [5.41, 5.74) is 0. The Hall–Kier alpha value is -1.29. The molecule has 1 heterocycles. The van der Waals surface area contributed by atoms with Crippen molar-refractivity contribution < 1.29 is 4.74 Å². The summed E-state index contributed by atoms with van der Waals surface area (Å²) in [4.78, 5) is 6.67. The number of nitrogens with one attached hydrogen (secondary N) is 1. The van der Waals surface area contributed by atoms with Gasteiger partial charge in [-0.25, -0.2) is 0 Å². The van der Waals surface area contributed by atoms with Crippen molar-refractivity contribution in [2.45, 2.75) is 33.2 Å². The molecular weight excluding hydrogens is 238 g/mol. The molecule has 1 aromatic heterocycles. The zero-order chi connectivity index (χ0) is 14.3. The molecule has 0 saturated carbocycles. The molecule has 0 aliphatic heterocycles. The number of hydrogen-bond donors (Lipinski definition) is 1. The summed E-state index contributed by atoms with van der Waals surface area (Å²) < 4.78 is 5.43. The van der Waals surface area contributed by atoms with Crippen LogP contribution in [-0.2, 0) is 0 Å². The number of ether oxygens (including phenoxy) is 1. The molecular formula is C15H27N3O. The van der Waals surface area contributed by atoms with Gasteiger partial charge in [-0.1, -0.05) is 19.9 Å². The van der Waals surface area contributed by atoms with E-state index in [1.807, 2.05) is 25.1 Å². The van der Waals surface area contributed by atoms with E-state index in [2.05, 4.69) is 43.1 Å². The molecule has 108 valence electrons. The van der Waals surface area contributed by atoms with Crippen LogP contribution < -0.4 is 10.1 Å². The van der Waals surface area contributed by atoms with Crippen molar-refractivity contribution in [2.75, 3.05) is 32.6 Å². The van der Waals surface area contributed by atoms with Gasteiger partial charge in [-0.15, -0.1) is 0 Å². The van der Waals surface area contributed by atoms with Crippen molar-refractivity contribution in [1.82, 2.24) is 9.88 Å². The second kappa shape index (κ2) is 8.00. The van der Waals surface area contributed by atoms with Gasteiger partial charge < -0.3 is 15.0 Å². The molecule has 0 fully saturated rings. The van der Waals surface area contributed by atoms with Crippen LogP contribution in [0.2, 0.25) is 0 Å². The summed E-state index contributed by atoms with van der Waals surface area (Å²) in [7, 11) is 4.19. The molecule has 0 saturated heterocycles. The molecule has 0 radical (unpaired) electrons. The first-order chi connectivity index (χ1) is 9.01. The lowest BCUT2D eigenvalue weighted by Crippen LogP contribution is -2.33. The van der Waals surface area contributed by atoms with Gasteiger partial charge >= 0.3 is 0 Å². The molecule has 1 rings (SSSR count). The van der Waals surface area contributed by atoms with E-state index in [9.17, 15) is 0 Å². The van der Waals surface area contributed by atoms with Crippen molar-refractivity contribution in [2.24, 2.45) is 5.92 Å². The number of rotatable bonds is 8. The zero-order valence-corrected chi connectivity index (χ0v) is 12.8. The summed E-state index contributed by atoms with van der Waals surface area (Å²) in [6.07, 6.45) is 1.12. The monoisotopic (exact) mass is 265 g/mol. The SMILES string of the molecule is CCOc1cccc(NC(CC(C)C)CN(C)C)n1. The predicted octanol–water partition coefficient (Wildman–Crippen LogP) is 2.87. The maximum atomic E-state index is 5.43. The molecule has 1 unspecified atom stereocenters. The van der Waals surface area contributed by atoms with Crippen LogP contribution in [0.4, 0.5) is 5.82 Å². The van der Waals surface area contributed by atoms with E-state index in [0.29, 0.717) is 24.4 Å². The standard InChI is InChI=1S/C15H27N3O/c1-6-19-15-9-7-8-14(17-15)16-13(10-12(2)3)11-18(4)5/h7-9,12-13H,6,10-11H2,1-5H3,(H,16,17). The van der Waals surface area contributed by atoms with Crippen molar-refractivity contribution in [3.63, 3.8) is 0 Å². The van der Waals surface area contributed by atoms with Crippen LogP contribution in [0.3, 0.4) is 0 Å². The zero-order valence-electron chi connectivity index (χ0n) is 12.8. The Labute approximate surface area is 117 Å². The average Bonchev–Trinajstić information content (AvgIpc) is 2.27. The van der Waals surface area contributed by atoms with Crippen molar-refractivity contribution in [3.05, 3.63) is 18.2 Å². The topological polar surface area (TPSA) is 37.4 Å². The van der Waals surface area contributed by atoms with Crippen LogP contribution in [0.15, 0.2) is 18.2 Å². The Morgan fingerprint density at radius 2 is 2.05 bits per heavy atom. The Bertz CT molecular complexity index is 356. The number of likely N-dealkylation sites (N-methyl/N-ethyl adjacent to an activating group) is 1. The van der Waals surface area contributed by atoms with Crippen LogP contribution in [0.25, 0.3) is 0 Å². The van der Waals surface area contributed by atoms with E-state index in [0.717, 1.165) is 18.8 Å². The lowest BCUT2D eigenvalue weighted by molar-refractivity contribution is 0.326. The van der Waals surface area contributed by atoms with Crippen LogP contribution in [0.1, 0.15) is 27.2 Å². The summed E-state index contributed by atoms with van der Waals surface area (Å²) in [5.74, 6) is 2.23. The molecule has 4 nitrogen and oxygen atoms in total. The predicted molar refractivity (Wildman–Crippen MR) is 80.8 cm³/mol. The third-order valence-electron chi connectivity index (χ3n) is 2.71. The second-order valence-electron chi connectivity index (χ2n) is 5.53. The quantitative estimate of drug-likeness (QED) is 0.784. The van der Waals surface area contributed by atoms with Gasteiger partial charge in [0.05, 0.1) is 6.61 Å². The number of nitrogens with zero attached hydrogens (tertiary/aromatic N) is 2. The van der Waals surface area contributed by atoms with Crippen molar-refractivity contribution in [1.29, 1.82) is 0 Å². The molecule has 1 N–H and O–H groups in total. The molecule has 0 amide bonds. The van der Waals surface area contributed by atoms with Gasteiger partial charge in [0, 0.05) is 18.7 Å². The molecule has 1 atom stereocenters. The van der Waals surface area contributed by atoms with Crippen LogP contribution in [-0.4, -0.2) is 43.2 Å². The van der Waals surface area contributed by atoms with Gasteiger partial charge in [-0.3, -0.25) is 0 Å². The highest BCUT2D eigenvalue weighted by Gasteiger charge is 2.12. The first-order valence-electron chi connectivity index (χ1n) is 7.02. The van der Waals surface area contributed by atoms with Crippen LogP contribution in [0, 0.1) is 5.92 Å². The highest BCUT2D eigenvalue weighted by Crippen LogP contribution is 2.15. The van der Waals surface area contributed by atoms with E-state index in [1.54, 1.807) is 0 Å². The molecule has 0 spiro atoms. The van der Waals surface area contributed by atoms with E-state index in [1.165, 1.54) is 0 Å². The fourth-order valence-corrected chi connectivity index (χ4v) is 2.12. The van der Waals surface area contributed by atoms with Crippen molar-refractivity contribution in [3.8, 4) is 5.88 Å². The summed E-state index contributed by atoms with van der Waals surface area (Å²) in [5, 5.41) is 3.51. The molecule has 0 aliphatic rings. The number of anilines is 1. The fourth-order valence-electron chi connectivity index (χ4n) is 2.12. The van der Waals surface area contributed by atoms with E-state index in [-0.39, 0.29) is 0 Å². The first kappa shape index (κ1) is 15.8. The molecule has 0 aliphatic carbocycles. The fraction of sp³-hybridized carbons (Fsp3) is 0.667. The lowest BCUT2D eigenvalue weighted by Gasteiger charge is -2.24. The third-order valence-corrected chi connectivity index (χ3v) is 2.71. The largest absolute Gasteiger partial charge is 0.478 e. The van der Waals surface area contributed by atoms with E-state index < -0.39 is 0 Å². The number of pyridine rings is 1. The van der Waals surface area contributed by atoms with Gasteiger partial charge in [0.2, 0.25) is 5.88 Å². The van der Waals surface area contributed by atoms with Gasteiger partial charge in [0.25, 0.3) is 0 Å².